The Morgan fingerprint density at radius 3 is 2.66 bits per heavy atom. The van der Waals surface area contributed by atoms with Crippen LogP contribution in [0.3, 0.4) is 0 Å². The fraction of sp³-hybridized carbons (Fsp3) is 0.364. The molecule has 7 nitrogen and oxygen atoms in total. The zero-order chi connectivity index (χ0) is 20.4. The zero-order valence-corrected chi connectivity index (χ0v) is 17.1. The number of nitrogens with zero attached hydrogens (tertiary/aromatic N) is 5. The van der Waals surface area contributed by atoms with Crippen molar-refractivity contribution in [2.75, 3.05) is 23.3 Å². The van der Waals surface area contributed by atoms with Crippen molar-refractivity contribution in [1.82, 2.24) is 19.7 Å². The van der Waals surface area contributed by atoms with Crippen LogP contribution in [0.15, 0.2) is 42.7 Å². The van der Waals surface area contributed by atoms with Crippen molar-refractivity contribution in [3.63, 3.8) is 0 Å². The molecule has 7 heteroatoms. The Morgan fingerprint density at radius 1 is 1.10 bits per heavy atom. The van der Waals surface area contributed by atoms with Crippen LogP contribution in [0.25, 0.3) is 5.82 Å². The molecule has 3 aromatic rings. The van der Waals surface area contributed by atoms with Crippen LogP contribution in [0.1, 0.15) is 29.8 Å². The monoisotopic (exact) mass is 390 g/mol. The van der Waals surface area contributed by atoms with Crippen LogP contribution in [-0.2, 0) is 4.79 Å². The topological polar surface area (TPSA) is 75.9 Å². The van der Waals surface area contributed by atoms with E-state index in [-0.39, 0.29) is 11.8 Å². The first kappa shape index (κ1) is 19.1. The second-order valence-corrected chi connectivity index (χ2v) is 7.66. The third-order valence-electron chi connectivity index (χ3n) is 5.38. The van der Waals surface area contributed by atoms with Gasteiger partial charge in [-0.15, -0.1) is 0 Å². The predicted octanol–water partition coefficient (Wildman–Crippen LogP) is 3.44. The van der Waals surface area contributed by atoms with Gasteiger partial charge in [0.15, 0.2) is 5.82 Å². The van der Waals surface area contributed by atoms with Crippen LogP contribution in [0.5, 0.6) is 0 Å². The molecule has 2 aromatic heterocycles. The summed E-state index contributed by atoms with van der Waals surface area (Å²) >= 11 is 0. The van der Waals surface area contributed by atoms with E-state index in [1.54, 1.807) is 6.33 Å². The van der Waals surface area contributed by atoms with E-state index in [0.717, 1.165) is 53.7 Å². The molecule has 1 fully saturated rings. The molecule has 1 saturated heterocycles. The van der Waals surface area contributed by atoms with Gasteiger partial charge in [-0.2, -0.15) is 5.10 Å². The van der Waals surface area contributed by atoms with E-state index < -0.39 is 0 Å². The van der Waals surface area contributed by atoms with Crippen molar-refractivity contribution < 1.29 is 4.79 Å². The largest absolute Gasteiger partial charge is 0.356 e. The quantitative estimate of drug-likeness (QED) is 0.738. The van der Waals surface area contributed by atoms with Gasteiger partial charge >= 0.3 is 0 Å². The maximum Gasteiger partial charge on any atom is 0.229 e. The first-order valence-electron chi connectivity index (χ1n) is 9.98. The Bertz CT molecular complexity index is 1030. The smallest absolute Gasteiger partial charge is 0.229 e. The number of carbonyl (C=O) groups excluding carboxylic acids is 1. The van der Waals surface area contributed by atoms with Crippen LogP contribution in [0, 0.1) is 26.7 Å². The summed E-state index contributed by atoms with van der Waals surface area (Å²) in [6, 6.07) is 11.8. The van der Waals surface area contributed by atoms with Crippen molar-refractivity contribution in [2.24, 2.45) is 5.92 Å². The van der Waals surface area contributed by atoms with Crippen LogP contribution in [0.2, 0.25) is 0 Å². The van der Waals surface area contributed by atoms with E-state index in [0.29, 0.717) is 6.54 Å². The molecular formula is C22H26N6O. The molecular weight excluding hydrogens is 364 g/mol. The molecule has 1 aliphatic rings. The lowest BCUT2D eigenvalue weighted by Gasteiger charge is -2.33. The van der Waals surface area contributed by atoms with Crippen molar-refractivity contribution in [2.45, 2.75) is 33.6 Å². The minimum absolute atomic E-state index is 0.0665. The molecule has 3 heterocycles. The van der Waals surface area contributed by atoms with Gasteiger partial charge in [0.1, 0.15) is 12.1 Å². The van der Waals surface area contributed by atoms with Crippen molar-refractivity contribution in [3.8, 4) is 5.82 Å². The molecule has 1 aromatic carbocycles. The van der Waals surface area contributed by atoms with Gasteiger partial charge in [-0.1, -0.05) is 18.2 Å². The summed E-state index contributed by atoms with van der Waals surface area (Å²) in [5.41, 5.74) is 3.93. The molecule has 150 valence electrons. The Labute approximate surface area is 170 Å². The summed E-state index contributed by atoms with van der Waals surface area (Å²) in [7, 11) is 0. The SMILES string of the molecule is Cc1cc(C)n(-c2cc(N3CCC[C@@H](C(=O)Nc4ccccc4C)C3)ncn2)n1. The fourth-order valence-corrected chi connectivity index (χ4v) is 3.83. The minimum atomic E-state index is -0.0737. The summed E-state index contributed by atoms with van der Waals surface area (Å²) in [5, 5.41) is 7.60. The van der Waals surface area contributed by atoms with Crippen LogP contribution in [-0.4, -0.2) is 38.7 Å². The summed E-state index contributed by atoms with van der Waals surface area (Å²) < 4.78 is 1.83. The van der Waals surface area contributed by atoms with Gasteiger partial charge in [0.2, 0.25) is 5.91 Å². The highest BCUT2D eigenvalue weighted by molar-refractivity contribution is 5.93. The lowest BCUT2D eigenvalue weighted by molar-refractivity contribution is -0.120. The second kappa shape index (κ2) is 8.03. The maximum atomic E-state index is 12.8. The van der Waals surface area contributed by atoms with Crippen molar-refractivity contribution >= 4 is 17.4 Å². The Morgan fingerprint density at radius 2 is 1.90 bits per heavy atom. The number of amides is 1. The molecule has 0 spiro atoms. The molecule has 1 N–H and O–H groups in total. The number of aryl methyl sites for hydroxylation is 3. The third kappa shape index (κ3) is 4.13. The van der Waals surface area contributed by atoms with E-state index in [2.05, 4.69) is 25.3 Å². The van der Waals surface area contributed by atoms with Crippen LogP contribution >= 0.6 is 0 Å². The summed E-state index contributed by atoms with van der Waals surface area (Å²) in [5.74, 6) is 1.57. The van der Waals surface area contributed by atoms with E-state index in [1.807, 2.05) is 61.9 Å². The molecule has 1 aliphatic heterocycles. The number of hydrogen-bond donors (Lipinski definition) is 1. The van der Waals surface area contributed by atoms with E-state index in [9.17, 15) is 4.79 Å². The van der Waals surface area contributed by atoms with E-state index in [4.69, 9.17) is 0 Å². The van der Waals surface area contributed by atoms with Gasteiger partial charge in [-0.3, -0.25) is 4.79 Å². The minimum Gasteiger partial charge on any atom is -0.356 e. The zero-order valence-electron chi connectivity index (χ0n) is 17.1. The molecule has 1 amide bonds. The molecule has 0 saturated carbocycles. The highest BCUT2D eigenvalue weighted by atomic mass is 16.1. The molecule has 0 radical (unpaired) electrons. The molecule has 0 unspecified atom stereocenters. The second-order valence-electron chi connectivity index (χ2n) is 7.66. The Kier molecular flexibility index (Phi) is 5.29. The standard InChI is InChI=1S/C22H26N6O/c1-15-7-4-5-9-19(15)25-22(29)18-8-6-10-27(13-18)20-12-21(24-14-23-20)28-17(3)11-16(2)26-28/h4-5,7,9,11-12,14,18H,6,8,10,13H2,1-3H3,(H,25,29)/t18-/m1/s1. The average molecular weight is 390 g/mol. The van der Waals surface area contributed by atoms with Gasteiger partial charge in [-0.25, -0.2) is 14.6 Å². The van der Waals surface area contributed by atoms with Crippen molar-refractivity contribution in [3.05, 3.63) is 59.7 Å². The summed E-state index contributed by atoms with van der Waals surface area (Å²) in [6.07, 6.45) is 3.40. The number of benzene rings is 1. The van der Waals surface area contributed by atoms with Gasteiger partial charge < -0.3 is 10.2 Å². The van der Waals surface area contributed by atoms with Gasteiger partial charge in [0.25, 0.3) is 0 Å². The van der Waals surface area contributed by atoms with E-state index >= 15 is 0 Å². The number of carbonyl (C=O) groups is 1. The van der Waals surface area contributed by atoms with Crippen LogP contribution in [0.4, 0.5) is 11.5 Å². The number of para-hydroxylation sites is 1. The molecule has 4 rings (SSSR count). The lowest BCUT2D eigenvalue weighted by atomic mass is 9.97. The normalized spacial score (nSPS) is 16.7. The number of anilines is 2. The lowest BCUT2D eigenvalue weighted by Crippen LogP contribution is -2.41. The summed E-state index contributed by atoms with van der Waals surface area (Å²) in [4.78, 5) is 23.9. The summed E-state index contributed by atoms with van der Waals surface area (Å²) in [6.45, 7) is 7.50. The maximum absolute atomic E-state index is 12.8. The van der Waals surface area contributed by atoms with Crippen LogP contribution < -0.4 is 10.2 Å². The Balaban J connectivity index is 1.50. The van der Waals surface area contributed by atoms with Crippen molar-refractivity contribution in [1.29, 1.82) is 0 Å². The third-order valence-corrected chi connectivity index (χ3v) is 5.38. The number of rotatable bonds is 4. The molecule has 0 bridgehead atoms. The molecule has 0 aliphatic carbocycles. The number of aromatic nitrogens is 4. The Hall–Kier alpha value is -3.22. The first-order valence-corrected chi connectivity index (χ1v) is 9.98. The number of nitrogens with one attached hydrogen (secondary N) is 1. The van der Waals surface area contributed by atoms with Gasteiger partial charge in [-0.05, 0) is 51.3 Å². The first-order chi connectivity index (χ1) is 14.0. The molecule has 1 atom stereocenters. The van der Waals surface area contributed by atoms with E-state index in [1.165, 1.54) is 0 Å². The predicted molar refractivity (Wildman–Crippen MR) is 113 cm³/mol. The van der Waals surface area contributed by atoms with Gasteiger partial charge in [0, 0.05) is 30.5 Å². The number of piperidine rings is 1. The fourth-order valence-electron chi connectivity index (χ4n) is 3.83. The van der Waals surface area contributed by atoms with Gasteiger partial charge in [0.05, 0.1) is 11.6 Å². The molecule has 29 heavy (non-hydrogen) atoms. The highest BCUT2D eigenvalue weighted by Crippen LogP contribution is 2.24. The highest BCUT2D eigenvalue weighted by Gasteiger charge is 2.27. The average Bonchev–Trinajstić information content (AvgIpc) is 3.08. The number of hydrogen-bond acceptors (Lipinski definition) is 5.